The van der Waals surface area contributed by atoms with Crippen molar-refractivity contribution in [3.8, 4) is 11.5 Å². The molecule has 1 N–H and O–H groups in total. The molecule has 2 fully saturated rings. The lowest BCUT2D eigenvalue weighted by atomic mass is 10.1. The van der Waals surface area contributed by atoms with Crippen molar-refractivity contribution in [2.24, 2.45) is 0 Å². The van der Waals surface area contributed by atoms with Crippen LogP contribution < -0.4 is 14.4 Å². The van der Waals surface area contributed by atoms with Gasteiger partial charge in [0, 0.05) is 5.56 Å². The van der Waals surface area contributed by atoms with Gasteiger partial charge < -0.3 is 24.2 Å². The molecule has 26 heavy (non-hydrogen) atoms. The number of carbonyl (C=O) groups is 2. The summed E-state index contributed by atoms with van der Waals surface area (Å²) in [5.41, 5.74) is 0.860. The van der Waals surface area contributed by atoms with Gasteiger partial charge in [0.1, 0.15) is 23.4 Å². The Kier molecular flexibility index (Phi) is 5.93. The highest BCUT2D eigenvalue weighted by atomic mass is 32.2. The van der Waals surface area contributed by atoms with Crippen molar-refractivity contribution in [3.05, 3.63) is 23.8 Å². The first-order chi connectivity index (χ1) is 12.5. The summed E-state index contributed by atoms with van der Waals surface area (Å²) in [6.07, 6.45) is 0. The van der Waals surface area contributed by atoms with Crippen molar-refractivity contribution >= 4 is 23.6 Å². The molecule has 0 aromatic heterocycles. The number of thioether (sulfide) groups is 1. The number of hydrogen-bond donors (Lipinski definition) is 1. The van der Waals surface area contributed by atoms with E-state index in [4.69, 9.17) is 9.47 Å². The molecule has 1 aromatic carbocycles. The molecule has 7 nitrogen and oxygen atoms in total. The van der Waals surface area contributed by atoms with Gasteiger partial charge >= 0.3 is 0 Å². The molecule has 2 amide bonds. The number of hydrogen-bond acceptors (Lipinski definition) is 5. The predicted molar refractivity (Wildman–Crippen MR) is 99.7 cm³/mol. The fourth-order valence-electron chi connectivity index (χ4n) is 3.30. The number of nitrogens with one attached hydrogen (secondary N) is 1. The Hall–Kier alpha value is -1.93. The van der Waals surface area contributed by atoms with E-state index in [1.165, 1.54) is 16.7 Å². The van der Waals surface area contributed by atoms with Crippen LogP contribution in [-0.4, -0.2) is 81.4 Å². The summed E-state index contributed by atoms with van der Waals surface area (Å²) in [6.45, 7) is 3.49. The molecule has 0 aliphatic carbocycles. The van der Waals surface area contributed by atoms with Gasteiger partial charge in [0.15, 0.2) is 0 Å². The Morgan fingerprint density at radius 2 is 2.00 bits per heavy atom. The van der Waals surface area contributed by atoms with Crippen LogP contribution in [0.5, 0.6) is 11.5 Å². The van der Waals surface area contributed by atoms with Crippen LogP contribution in [0, 0.1) is 0 Å². The number of carbonyl (C=O) groups excluding carboxylic acids is 2. The van der Waals surface area contributed by atoms with E-state index in [9.17, 15) is 9.59 Å². The van der Waals surface area contributed by atoms with Gasteiger partial charge in [-0.3, -0.25) is 9.59 Å². The van der Waals surface area contributed by atoms with Gasteiger partial charge in [-0.1, -0.05) is 0 Å². The first-order valence-corrected chi connectivity index (χ1v) is 9.80. The molecule has 142 valence electrons. The second-order valence-electron chi connectivity index (χ2n) is 6.63. The summed E-state index contributed by atoms with van der Waals surface area (Å²) in [6, 6.07) is 5.54. The molecule has 0 radical (unpaired) electrons. The molecule has 0 spiro atoms. The number of quaternary nitrogens is 1. The van der Waals surface area contributed by atoms with E-state index in [-0.39, 0.29) is 23.7 Å². The maximum atomic E-state index is 12.7. The van der Waals surface area contributed by atoms with Crippen LogP contribution in [0.25, 0.3) is 0 Å². The van der Waals surface area contributed by atoms with E-state index in [2.05, 4.69) is 7.05 Å². The summed E-state index contributed by atoms with van der Waals surface area (Å²) >= 11 is 1.52. The predicted octanol–water partition coefficient (Wildman–Crippen LogP) is -0.365. The maximum absolute atomic E-state index is 12.7. The zero-order chi connectivity index (χ0) is 18.7. The highest BCUT2D eigenvalue weighted by molar-refractivity contribution is 8.00. The van der Waals surface area contributed by atoms with Crippen molar-refractivity contribution < 1.29 is 24.0 Å². The van der Waals surface area contributed by atoms with Crippen molar-refractivity contribution in [1.82, 2.24) is 9.80 Å². The largest absolute Gasteiger partial charge is 0.497 e. The van der Waals surface area contributed by atoms with Crippen LogP contribution in [0.15, 0.2) is 18.2 Å². The van der Waals surface area contributed by atoms with Gasteiger partial charge in [0.25, 0.3) is 0 Å². The van der Waals surface area contributed by atoms with E-state index in [1.54, 1.807) is 19.1 Å². The fourth-order valence-corrected chi connectivity index (χ4v) is 4.50. The quantitative estimate of drug-likeness (QED) is 0.756. The minimum absolute atomic E-state index is 0.0141. The average Bonchev–Trinajstić information content (AvgIpc) is 3.02. The van der Waals surface area contributed by atoms with Gasteiger partial charge in [-0.15, -0.1) is 11.8 Å². The van der Waals surface area contributed by atoms with Crippen molar-refractivity contribution in [2.45, 2.75) is 5.37 Å². The molecule has 3 rings (SSSR count). The smallest absolute Gasteiger partial charge is 0.242 e. The molecule has 1 aromatic rings. The Labute approximate surface area is 158 Å². The molecule has 0 bridgehead atoms. The van der Waals surface area contributed by atoms with Crippen LogP contribution in [0.1, 0.15) is 10.9 Å². The second-order valence-corrected chi connectivity index (χ2v) is 7.70. The topological polar surface area (TPSA) is 63.5 Å². The molecular weight excluding hydrogens is 354 g/mol. The normalized spacial score (nSPS) is 21.2. The Morgan fingerprint density at radius 1 is 1.27 bits per heavy atom. The third-order valence-electron chi connectivity index (χ3n) is 4.95. The summed E-state index contributed by atoms with van der Waals surface area (Å²) in [4.78, 5) is 30.1. The first kappa shape index (κ1) is 18.8. The summed E-state index contributed by atoms with van der Waals surface area (Å²) < 4.78 is 10.8. The van der Waals surface area contributed by atoms with E-state index in [1.807, 2.05) is 23.1 Å². The van der Waals surface area contributed by atoms with Crippen molar-refractivity contribution in [3.63, 3.8) is 0 Å². The molecule has 0 saturated carbocycles. The van der Waals surface area contributed by atoms with Crippen LogP contribution in [-0.2, 0) is 9.59 Å². The van der Waals surface area contributed by atoms with E-state index < -0.39 is 0 Å². The van der Waals surface area contributed by atoms with Crippen LogP contribution in [0.3, 0.4) is 0 Å². The second kappa shape index (κ2) is 8.18. The van der Waals surface area contributed by atoms with Crippen LogP contribution >= 0.6 is 11.8 Å². The van der Waals surface area contributed by atoms with Gasteiger partial charge in [-0.2, -0.15) is 0 Å². The van der Waals surface area contributed by atoms with Gasteiger partial charge in [0.05, 0.1) is 53.2 Å². The summed E-state index contributed by atoms with van der Waals surface area (Å²) in [5.74, 6) is 1.76. The zero-order valence-corrected chi connectivity index (χ0v) is 16.3. The molecular formula is C18H26N3O4S+. The molecule has 0 unspecified atom stereocenters. The number of amides is 2. The minimum atomic E-state index is -0.241. The molecule has 2 heterocycles. The van der Waals surface area contributed by atoms with Gasteiger partial charge in [-0.25, -0.2) is 0 Å². The fraction of sp³-hybridized carbons (Fsp3) is 0.556. The van der Waals surface area contributed by atoms with Crippen molar-refractivity contribution in [2.75, 3.05) is 59.7 Å². The van der Waals surface area contributed by atoms with Gasteiger partial charge in [-0.05, 0) is 18.2 Å². The van der Waals surface area contributed by atoms with Gasteiger partial charge in [0.2, 0.25) is 11.8 Å². The Balaban J connectivity index is 1.78. The molecule has 8 heteroatoms. The third kappa shape index (κ3) is 3.91. The Morgan fingerprint density at radius 3 is 2.65 bits per heavy atom. The number of nitrogens with zero attached hydrogens (tertiary/aromatic N) is 2. The minimum Gasteiger partial charge on any atom is -0.497 e. The number of benzene rings is 1. The van der Waals surface area contributed by atoms with Crippen molar-refractivity contribution in [1.29, 1.82) is 0 Å². The average molecular weight is 380 g/mol. The lowest BCUT2D eigenvalue weighted by Crippen LogP contribution is -3.12. The number of methoxy groups -OCH3 is 2. The highest BCUT2D eigenvalue weighted by Gasteiger charge is 2.37. The molecule has 2 aliphatic heterocycles. The standard InChI is InChI=1S/C18H25N3O4S/c1-19-6-8-20(9-7-19)16(22)11-21-17(23)12-26-18(21)14-10-13(24-2)4-5-15(14)25-3/h4-5,10,18H,6-9,11-12H2,1-3H3/p+1/t18-/m0/s1. The highest BCUT2D eigenvalue weighted by Crippen LogP contribution is 2.43. The SMILES string of the molecule is COc1ccc(OC)c([C@@H]2SCC(=O)N2CC(=O)N2CC[NH+](C)CC2)c1. The van der Waals surface area contributed by atoms with E-state index in [0.717, 1.165) is 31.7 Å². The Bertz CT molecular complexity index is 676. The lowest BCUT2D eigenvalue weighted by Gasteiger charge is -2.32. The first-order valence-electron chi connectivity index (χ1n) is 8.75. The molecule has 2 saturated heterocycles. The monoisotopic (exact) mass is 380 g/mol. The molecule has 1 atom stereocenters. The lowest BCUT2D eigenvalue weighted by molar-refractivity contribution is -0.883. The van der Waals surface area contributed by atoms with Crippen LogP contribution in [0.4, 0.5) is 0 Å². The number of likely N-dealkylation sites (N-methyl/N-ethyl adjacent to an activating group) is 1. The summed E-state index contributed by atoms with van der Waals surface area (Å²) in [5, 5.41) is -0.241. The number of piperazine rings is 1. The number of rotatable bonds is 5. The number of ether oxygens (including phenoxy) is 2. The maximum Gasteiger partial charge on any atom is 0.242 e. The zero-order valence-electron chi connectivity index (χ0n) is 15.5. The van der Waals surface area contributed by atoms with E-state index >= 15 is 0 Å². The van der Waals surface area contributed by atoms with Crippen LogP contribution in [0.2, 0.25) is 0 Å². The molecule has 2 aliphatic rings. The third-order valence-corrected chi connectivity index (χ3v) is 6.18. The van der Waals surface area contributed by atoms with E-state index in [0.29, 0.717) is 17.3 Å². The summed E-state index contributed by atoms with van der Waals surface area (Å²) in [7, 11) is 5.34.